The Balaban J connectivity index is 1.86. The highest BCUT2D eigenvalue weighted by Gasteiger charge is 2.15. The monoisotopic (exact) mass is 374 g/mol. The van der Waals surface area contributed by atoms with Crippen LogP contribution in [0, 0.1) is 0 Å². The van der Waals surface area contributed by atoms with Crippen LogP contribution in [0.2, 0.25) is 5.02 Å². The van der Waals surface area contributed by atoms with Gasteiger partial charge < -0.3 is 0 Å². The van der Waals surface area contributed by atoms with E-state index in [1.54, 1.807) is 48.5 Å². The molecule has 4 aromatic rings. The lowest BCUT2D eigenvalue weighted by atomic mass is 10.0. The summed E-state index contributed by atoms with van der Waals surface area (Å²) < 4.78 is 1.24. The minimum atomic E-state index is -0.285. The molecule has 0 amide bonds. The van der Waals surface area contributed by atoms with Crippen LogP contribution in [-0.4, -0.2) is 15.6 Å². The molecule has 0 aliphatic rings. The van der Waals surface area contributed by atoms with Crippen molar-refractivity contribution < 1.29 is 4.79 Å². The third kappa shape index (κ3) is 3.39. The molecule has 0 N–H and O–H groups in total. The van der Waals surface area contributed by atoms with Gasteiger partial charge in [0.1, 0.15) is 6.54 Å². The number of Topliss-reactive ketones (excluding diaryl/α,β-unsaturated/α-hetero) is 1. The van der Waals surface area contributed by atoms with Crippen LogP contribution in [0.15, 0.2) is 83.7 Å². The Morgan fingerprint density at radius 3 is 2.19 bits per heavy atom. The van der Waals surface area contributed by atoms with E-state index in [1.165, 1.54) is 4.68 Å². The Morgan fingerprint density at radius 2 is 1.48 bits per heavy atom. The van der Waals surface area contributed by atoms with E-state index in [4.69, 9.17) is 11.6 Å². The molecule has 132 valence electrons. The SMILES string of the molecule is O=C(Cn1nc(-c2ccc(Cl)cc2)c2ccccc2c1=O)c1ccccc1. The van der Waals surface area contributed by atoms with Gasteiger partial charge in [0.15, 0.2) is 5.78 Å². The number of rotatable bonds is 4. The van der Waals surface area contributed by atoms with E-state index >= 15 is 0 Å². The number of aromatic nitrogens is 2. The molecule has 0 atom stereocenters. The number of ketones is 1. The molecule has 0 aliphatic carbocycles. The van der Waals surface area contributed by atoms with Gasteiger partial charge in [0.2, 0.25) is 0 Å². The van der Waals surface area contributed by atoms with E-state index in [-0.39, 0.29) is 17.9 Å². The highest BCUT2D eigenvalue weighted by molar-refractivity contribution is 6.30. The highest BCUT2D eigenvalue weighted by atomic mass is 35.5. The molecule has 0 bridgehead atoms. The Bertz CT molecular complexity index is 1180. The zero-order valence-electron chi connectivity index (χ0n) is 14.3. The molecule has 0 fully saturated rings. The van der Waals surface area contributed by atoms with E-state index in [0.29, 0.717) is 21.7 Å². The number of nitrogens with zero attached hydrogens (tertiary/aromatic N) is 2. The van der Waals surface area contributed by atoms with E-state index < -0.39 is 0 Å². The molecule has 1 aromatic heterocycles. The molecule has 0 spiro atoms. The number of hydrogen-bond donors (Lipinski definition) is 0. The zero-order valence-corrected chi connectivity index (χ0v) is 15.1. The van der Waals surface area contributed by atoms with Gasteiger partial charge in [0, 0.05) is 21.5 Å². The zero-order chi connectivity index (χ0) is 18.8. The third-order valence-electron chi connectivity index (χ3n) is 4.37. The van der Waals surface area contributed by atoms with Gasteiger partial charge in [-0.1, -0.05) is 72.3 Å². The third-order valence-corrected chi connectivity index (χ3v) is 4.63. The van der Waals surface area contributed by atoms with Crippen LogP contribution in [0.3, 0.4) is 0 Å². The topological polar surface area (TPSA) is 52.0 Å². The first kappa shape index (κ1) is 17.2. The number of carbonyl (C=O) groups excluding carboxylic acids is 1. The lowest BCUT2D eigenvalue weighted by Crippen LogP contribution is -2.27. The number of carbonyl (C=O) groups is 1. The summed E-state index contributed by atoms with van der Waals surface area (Å²) in [5.74, 6) is -0.164. The standard InChI is InChI=1S/C22H15ClN2O2/c23-17-12-10-16(11-13-17)21-18-8-4-5-9-19(18)22(27)25(24-21)14-20(26)15-6-2-1-3-7-15/h1-13H,14H2. The van der Waals surface area contributed by atoms with Crippen molar-refractivity contribution in [3.63, 3.8) is 0 Å². The van der Waals surface area contributed by atoms with E-state index in [2.05, 4.69) is 5.10 Å². The van der Waals surface area contributed by atoms with Gasteiger partial charge in [-0.15, -0.1) is 0 Å². The van der Waals surface area contributed by atoms with Gasteiger partial charge in [0.05, 0.1) is 11.1 Å². The highest BCUT2D eigenvalue weighted by Crippen LogP contribution is 2.25. The largest absolute Gasteiger partial charge is 0.292 e. The molecule has 27 heavy (non-hydrogen) atoms. The minimum absolute atomic E-state index is 0.117. The Kier molecular flexibility index (Phi) is 4.57. The van der Waals surface area contributed by atoms with Crippen LogP contribution in [0.1, 0.15) is 10.4 Å². The Hall–Kier alpha value is -3.24. The van der Waals surface area contributed by atoms with Crippen molar-refractivity contribution in [1.82, 2.24) is 9.78 Å². The van der Waals surface area contributed by atoms with Crippen LogP contribution in [0.5, 0.6) is 0 Å². The number of hydrogen-bond acceptors (Lipinski definition) is 3. The summed E-state index contributed by atoms with van der Waals surface area (Å²) in [5.41, 5.74) is 1.74. The van der Waals surface area contributed by atoms with E-state index in [9.17, 15) is 9.59 Å². The second-order valence-electron chi connectivity index (χ2n) is 6.15. The molecule has 3 aromatic carbocycles. The van der Waals surface area contributed by atoms with E-state index in [0.717, 1.165) is 10.9 Å². The predicted molar refractivity (Wildman–Crippen MR) is 107 cm³/mol. The van der Waals surface area contributed by atoms with Crippen molar-refractivity contribution in [1.29, 1.82) is 0 Å². The second-order valence-corrected chi connectivity index (χ2v) is 6.59. The van der Waals surface area contributed by atoms with Crippen molar-refractivity contribution in [3.05, 3.63) is 99.8 Å². The fourth-order valence-corrected chi connectivity index (χ4v) is 3.14. The van der Waals surface area contributed by atoms with Gasteiger partial charge in [-0.2, -0.15) is 5.10 Å². The van der Waals surface area contributed by atoms with Gasteiger partial charge in [-0.05, 0) is 18.2 Å². The average Bonchev–Trinajstić information content (AvgIpc) is 2.71. The van der Waals surface area contributed by atoms with Gasteiger partial charge in [0.25, 0.3) is 5.56 Å². The normalized spacial score (nSPS) is 10.9. The van der Waals surface area contributed by atoms with Crippen LogP contribution >= 0.6 is 11.6 Å². The first-order valence-corrected chi connectivity index (χ1v) is 8.85. The van der Waals surface area contributed by atoms with E-state index in [1.807, 2.05) is 30.3 Å². The van der Waals surface area contributed by atoms with Gasteiger partial charge >= 0.3 is 0 Å². The fourth-order valence-electron chi connectivity index (χ4n) is 3.01. The van der Waals surface area contributed by atoms with Crippen molar-refractivity contribution in [2.24, 2.45) is 0 Å². The van der Waals surface area contributed by atoms with Crippen molar-refractivity contribution in [2.45, 2.75) is 6.54 Å². The van der Waals surface area contributed by atoms with Gasteiger partial charge in [-0.25, -0.2) is 4.68 Å². The minimum Gasteiger partial charge on any atom is -0.292 e. The van der Waals surface area contributed by atoms with Crippen LogP contribution < -0.4 is 5.56 Å². The summed E-state index contributed by atoms with van der Waals surface area (Å²) in [6, 6.07) is 23.4. The number of fused-ring (bicyclic) bond motifs is 1. The summed E-state index contributed by atoms with van der Waals surface area (Å²) >= 11 is 5.99. The van der Waals surface area contributed by atoms with Crippen LogP contribution in [-0.2, 0) is 6.54 Å². The number of benzene rings is 3. The smallest absolute Gasteiger partial charge is 0.275 e. The summed E-state index contributed by atoms with van der Waals surface area (Å²) in [4.78, 5) is 25.4. The molecular weight excluding hydrogens is 360 g/mol. The average molecular weight is 375 g/mol. The molecule has 0 radical (unpaired) electrons. The maximum Gasteiger partial charge on any atom is 0.275 e. The first-order valence-electron chi connectivity index (χ1n) is 8.47. The maximum atomic E-state index is 12.9. The maximum absolute atomic E-state index is 12.9. The molecule has 1 heterocycles. The fraction of sp³-hybridized carbons (Fsp3) is 0.0455. The van der Waals surface area contributed by atoms with Crippen molar-refractivity contribution in [2.75, 3.05) is 0 Å². The lowest BCUT2D eigenvalue weighted by molar-refractivity contribution is 0.0966. The molecule has 0 saturated heterocycles. The van der Waals surface area contributed by atoms with Gasteiger partial charge in [-0.3, -0.25) is 9.59 Å². The van der Waals surface area contributed by atoms with Crippen molar-refractivity contribution in [3.8, 4) is 11.3 Å². The Labute approximate surface area is 160 Å². The summed E-state index contributed by atoms with van der Waals surface area (Å²) in [6.07, 6.45) is 0. The first-order chi connectivity index (χ1) is 13.1. The molecule has 0 aliphatic heterocycles. The lowest BCUT2D eigenvalue weighted by Gasteiger charge is -2.11. The Morgan fingerprint density at radius 1 is 0.852 bits per heavy atom. The van der Waals surface area contributed by atoms with Crippen LogP contribution in [0.4, 0.5) is 0 Å². The second kappa shape index (κ2) is 7.17. The molecule has 0 saturated carbocycles. The van der Waals surface area contributed by atoms with Crippen LogP contribution in [0.25, 0.3) is 22.0 Å². The number of halogens is 1. The summed E-state index contributed by atoms with van der Waals surface area (Å²) in [5, 5.41) is 6.40. The molecule has 4 rings (SSSR count). The predicted octanol–water partition coefficient (Wildman–Crippen LogP) is 4.60. The van der Waals surface area contributed by atoms with Crippen molar-refractivity contribution >= 4 is 28.2 Å². The summed E-state index contributed by atoms with van der Waals surface area (Å²) in [7, 11) is 0. The quantitative estimate of drug-likeness (QED) is 0.490. The molecule has 4 nitrogen and oxygen atoms in total. The molecule has 0 unspecified atom stereocenters. The molecule has 5 heteroatoms. The summed E-state index contributed by atoms with van der Waals surface area (Å²) in [6.45, 7) is -0.117. The molecular formula is C22H15ClN2O2.